The second-order valence-electron chi connectivity index (χ2n) is 4.62. The van der Waals surface area contributed by atoms with Gasteiger partial charge in [-0.05, 0) is 36.4 Å². The minimum atomic E-state index is -0.590. The van der Waals surface area contributed by atoms with Gasteiger partial charge in [0, 0.05) is 16.6 Å². The van der Waals surface area contributed by atoms with E-state index in [-0.39, 0.29) is 18.9 Å². The summed E-state index contributed by atoms with van der Waals surface area (Å²) in [6.45, 7) is 0.294. The summed E-state index contributed by atoms with van der Waals surface area (Å²) in [4.78, 5) is 22.0. The quantitative estimate of drug-likeness (QED) is 0.234. The highest BCUT2D eigenvalue weighted by Gasteiger charge is 2.09. The predicted octanol–water partition coefficient (Wildman–Crippen LogP) is 3.99. The summed E-state index contributed by atoms with van der Waals surface area (Å²) in [6.07, 6.45) is 2.51. The van der Waals surface area contributed by atoms with E-state index in [1.165, 1.54) is 12.1 Å². The van der Waals surface area contributed by atoms with Crippen LogP contribution in [0.25, 0.3) is 6.08 Å². The fourth-order valence-electron chi connectivity index (χ4n) is 1.83. The molecule has 0 saturated carbocycles. The van der Waals surface area contributed by atoms with Gasteiger partial charge in [0.15, 0.2) is 0 Å². The average Bonchev–Trinajstić information content (AvgIpc) is 2.58. The number of ether oxygens (including phenoxy) is 2. The highest BCUT2D eigenvalue weighted by molar-refractivity contribution is 9.10. The van der Waals surface area contributed by atoms with Crippen molar-refractivity contribution in [3.8, 4) is 5.75 Å². The van der Waals surface area contributed by atoms with Crippen molar-refractivity contribution < 1.29 is 19.2 Å². The van der Waals surface area contributed by atoms with Gasteiger partial charge in [-0.2, -0.15) is 0 Å². The number of nitro groups is 1. The van der Waals surface area contributed by atoms with Crippen LogP contribution in [0.2, 0.25) is 0 Å². The minimum absolute atomic E-state index is 0.0693. The van der Waals surface area contributed by atoms with Crippen LogP contribution in [0.4, 0.5) is 5.69 Å². The Kier molecular flexibility index (Phi) is 6.51. The Morgan fingerprint density at radius 2 is 1.83 bits per heavy atom. The normalized spacial score (nSPS) is 10.5. The predicted molar refractivity (Wildman–Crippen MR) is 92.7 cm³/mol. The van der Waals surface area contributed by atoms with Crippen molar-refractivity contribution in [3.63, 3.8) is 0 Å². The van der Waals surface area contributed by atoms with Gasteiger partial charge in [0.2, 0.25) is 0 Å². The van der Waals surface area contributed by atoms with E-state index in [1.807, 2.05) is 12.1 Å². The number of carbonyl (C=O) groups is 1. The van der Waals surface area contributed by atoms with Gasteiger partial charge in [-0.25, -0.2) is 4.79 Å². The molecular formula is C17H14BrNO5. The number of carbonyl (C=O) groups excluding carboxylic acids is 1. The van der Waals surface area contributed by atoms with Crippen LogP contribution in [-0.2, 0) is 9.53 Å². The fraction of sp³-hybridized carbons (Fsp3) is 0.118. The molecule has 0 aliphatic carbocycles. The van der Waals surface area contributed by atoms with Gasteiger partial charge in [0.25, 0.3) is 5.69 Å². The van der Waals surface area contributed by atoms with E-state index in [1.54, 1.807) is 30.3 Å². The molecule has 0 amide bonds. The SMILES string of the molecule is O=C(/C=C/c1ccccc1[N+](=O)[O-])OCCOc1ccc(Br)cc1. The number of para-hydroxylation sites is 1. The van der Waals surface area contributed by atoms with Gasteiger partial charge in [-0.1, -0.05) is 28.1 Å². The first-order chi connectivity index (χ1) is 11.6. The minimum Gasteiger partial charge on any atom is -0.490 e. The van der Waals surface area contributed by atoms with E-state index in [9.17, 15) is 14.9 Å². The highest BCUT2D eigenvalue weighted by atomic mass is 79.9. The number of benzene rings is 2. The zero-order valence-electron chi connectivity index (χ0n) is 12.6. The third-order valence-electron chi connectivity index (χ3n) is 2.94. The largest absolute Gasteiger partial charge is 0.490 e. The summed E-state index contributed by atoms with van der Waals surface area (Å²) in [6, 6.07) is 13.4. The summed E-state index contributed by atoms with van der Waals surface area (Å²) in [7, 11) is 0. The molecule has 0 atom stereocenters. The van der Waals surface area contributed by atoms with Gasteiger partial charge in [-0.15, -0.1) is 0 Å². The second-order valence-corrected chi connectivity index (χ2v) is 5.53. The number of nitrogens with zero attached hydrogens (tertiary/aromatic N) is 1. The molecule has 0 N–H and O–H groups in total. The van der Waals surface area contributed by atoms with Gasteiger partial charge in [0.1, 0.15) is 19.0 Å². The van der Waals surface area contributed by atoms with Crippen LogP contribution in [0.15, 0.2) is 59.1 Å². The van der Waals surface area contributed by atoms with E-state index >= 15 is 0 Å². The molecular weight excluding hydrogens is 378 g/mol. The summed E-state index contributed by atoms with van der Waals surface area (Å²) in [5, 5.41) is 10.9. The standard InChI is InChI=1S/C17H14BrNO5/c18-14-6-8-15(9-7-14)23-11-12-24-17(20)10-5-13-3-1-2-4-16(13)19(21)22/h1-10H,11-12H2/b10-5+. The van der Waals surface area contributed by atoms with Gasteiger partial charge in [-0.3, -0.25) is 10.1 Å². The van der Waals surface area contributed by atoms with Gasteiger partial charge >= 0.3 is 5.97 Å². The molecule has 2 aromatic carbocycles. The molecule has 0 saturated heterocycles. The lowest BCUT2D eigenvalue weighted by molar-refractivity contribution is -0.385. The number of nitro benzene ring substituents is 1. The molecule has 0 fully saturated rings. The molecule has 0 aliphatic heterocycles. The number of hydrogen-bond acceptors (Lipinski definition) is 5. The summed E-state index contributed by atoms with van der Waals surface area (Å²) in [5.41, 5.74) is 0.269. The maximum atomic E-state index is 11.6. The zero-order chi connectivity index (χ0) is 17.4. The summed E-state index contributed by atoms with van der Waals surface area (Å²) >= 11 is 3.32. The lowest BCUT2D eigenvalue weighted by Gasteiger charge is -2.06. The molecule has 0 unspecified atom stereocenters. The second kappa shape index (κ2) is 8.83. The van der Waals surface area contributed by atoms with Crippen LogP contribution < -0.4 is 4.74 Å². The molecule has 0 aromatic heterocycles. The zero-order valence-corrected chi connectivity index (χ0v) is 14.1. The van der Waals surface area contributed by atoms with E-state index < -0.39 is 10.9 Å². The Morgan fingerprint density at radius 3 is 2.54 bits per heavy atom. The van der Waals surface area contributed by atoms with E-state index in [2.05, 4.69) is 15.9 Å². The first-order valence-electron chi connectivity index (χ1n) is 7.03. The molecule has 0 aliphatic rings. The molecule has 0 heterocycles. The van der Waals surface area contributed by atoms with E-state index in [0.717, 1.165) is 10.5 Å². The van der Waals surface area contributed by atoms with Crippen LogP contribution in [-0.4, -0.2) is 24.1 Å². The molecule has 6 nitrogen and oxygen atoms in total. The Labute approximate surface area is 147 Å². The molecule has 0 spiro atoms. The molecule has 7 heteroatoms. The van der Waals surface area contributed by atoms with Crippen molar-refractivity contribution in [2.75, 3.05) is 13.2 Å². The lowest BCUT2D eigenvalue weighted by Crippen LogP contribution is -2.10. The number of esters is 1. The molecule has 24 heavy (non-hydrogen) atoms. The topological polar surface area (TPSA) is 78.7 Å². The monoisotopic (exact) mass is 391 g/mol. The average molecular weight is 392 g/mol. The van der Waals surface area contributed by atoms with Gasteiger partial charge in [0.05, 0.1) is 10.5 Å². The molecule has 0 radical (unpaired) electrons. The van der Waals surface area contributed by atoms with E-state index in [4.69, 9.17) is 9.47 Å². The Hall–Kier alpha value is -2.67. The van der Waals surface area contributed by atoms with E-state index in [0.29, 0.717) is 11.3 Å². The van der Waals surface area contributed by atoms with Crippen LogP contribution in [0, 0.1) is 10.1 Å². The Bertz CT molecular complexity index is 743. The van der Waals surface area contributed by atoms with Crippen molar-refractivity contribution in [2.45, 2.75) is 0 Å². The van der Waals surface area contributed by atoms with Crippen molar-refractivity contribution in [1.29, 1.82) is 0 Å². The molecule has 0 bridgehead atoms. The molecule has 2 aromatic rings. The van der Waals surface area contributed by atoms with Crippen LogP contribution >= 0.6 is 15.9 Å². The fourth-order valence-corrected chi connectivity index (χ4v) is 2.10. The van der Waals surface area contributed by atoms with Crippen LogP contribution in [0.1, 0.15) is 5.56 Å². The maximum Gasteiger partial charge on any atom is 0.330 e. The van der Waals surface area contributed by atoms with Crippen LogP contribution in [0.3, 0.4) is 0 Å². The molecule has 124 valence electrons. The first-order valence-corrected chi connectivity index (χ1v) is 7.82. The number of hydrogen-bond donors (Lipinski definition) is 0. The smallest absolute Gasteiger partial charge is 0.330 e. The first kappa shape index (κ1) is 17.7. The summed E-state index contributed by atoms with van der Waals surface area (Å²) in [5.74, 6) is 0.0808. The number of halogens is 1. The highest BCUT2D eigenvalue weighted by Crippen LogP contribution is 2.19. The summed E-state index contributed by atoms with van der Waals surface area (Å²) < 4.78 is 11.3. The van der Waals surface area contributed by atoms with Crippen molar-refractivity contribution in [1.82, 2.24) is 0 Å². The molecule has 2 rings (SSSR count). The maximum absolute atomic E-state index is 11.6. The van der Waals surface area contributed by atoms with Crippen molar-refractivity contribution in [3.05, 3.63) is 74.8 Å². The Morgan fingerprint density at radius 1 is 1.12 bits per heavy atom. The lowest BCUT2D eigenvalue weighted by atomic mass is 10.1. The third-order valence-corrected chi connectivity index (χ3v) is 3.47. The number of rotatable bonds is 7. The van der Waals surface area contributed by atoms with Gasteiger partial charge < -0.3 is 9.47 Å². The van der Waals surface area contributed by atoms with Crippen LogP contribution in [0.5, 0.6) is 5.75 Å². The third kappa shape index (κ3) is 5.51. The Balaban J connectivity index is 1.79. The van der Waals surface area contributed by atoms with Crippen molar-refractivity contribution >= 4 is 33.7 Å². The van der Waals surface area contributed by atoms with Crippen molar-refractivity contribution in [2.24, 2.45) is 0 Å².